The van der Waals surface area contributed by atoms with Gasteiger partial charge in [-0.2, -0.15) is 0 Å². The number of nitrogens with two attached hydrogens (primary N) is 1. The lowest BCUT2D eigenvalue weighted by Crippen LogP contribution is -2.52. The summed E-state index contributed by atoms with van der Waals surface area (Å²) in [5, 5.41) is 12.5. The highest BCUT2D eigenvalue weighted by molar-refractivity contribution is 5.27. The summed E-state index contributed by atoms with van der Waals surface area (Å²) in [6.45, 7) is 5.17. The molecule has 2 unspecified atom stereocenters. The van der Waals surface area contributed by atoms with Crippen LogP contribution < -0.4 is 15.8 Å². The molecule has 0 saturated heterocycles. The topological polar surface area (TPSA) is 67.5 Å². The van der Waals surface area contributed by atoms with E-state index in [4.69, 9.17) is 15.6 Å². The fourth-order valence-corrected chi connectivity index (χ4v) is 2.51. The third kappa shape index (κ3) is 6.46. The van der Waals surface area contributed by atoms with Crippen molar-refractivity contribution in [3.8, 4) is 5.75 Å². The van der Waals surface area contributed by atoms with E-state index >= 15 is 0 Å². The van der Waals surface area contributed by atoms with E-state index in [0.29, 0.717) is 12.6 Å². The zero-order chi connectivity index (χ0) is 15.7. The Labute approximate surface area is 128 Å². The van der Waals surface area contributed by atoms with Gasteiger partial charge in [0, 0.05) is 24.7 Å². The molecule has 4 nitrogen and oxygen atoms in total. The summed E-state index contributed by atoms with van der Waals surface area (Å²) >= 11 is 0. The summed E-state index contributed by atoms with van der Waals surface area (Å²) in [7, 11) is 1.68. The van der Waals surface area contributed by atoms with Crippen LogP contribution >= 0.6 is 0 Å². The van der Waals surface area contributed by atoms with E-state index in [1.807, 2.05) is 12.1 Å². The largest absolute Gasteiger partial charge is 0.497 e. The van der Waals surface area contributed by atoms with E-state index in [1.54, 1.807) is 7.11 Å². The molecule has 0 fully saturated rings. The minimum Gasteiger partial charge on any atom is -0.497 e. The molecule has 0 bridgehead atoms. The Kier molecular flexibility index (Phi) is 7.72. The van der Waals surface area contributed by atoms with Gasteiger partial charge in [0.25, 0.3) is 0 Å². The maximum atomic E-state index is 8.90. The van der Waals surface area contributed by atoms with Crippen LogP contribution in [0, 0.1) is 0 Å². The number of methoxy groups -OCH3 is 1. The van der Waals surface area contributed by atoms with Crippen molar-refractivity contribution in [2.45, 2.75) is 51.1 Å². The van der Waals surface area contributed by atoms with Gasteiger partial charge in [0.1, 0.15) is 5.75 Å². The molecule has 1 rings (SSSR count). The Morgan fingerprint density at radius 1 is 1.33 bits per heavy atom. The second kappa shape index (κ2) is 9.03. The zero-order valence-electron chi connectivity index (χ0n) is 13.6. The predicted molar refractivity (Wildman–Crippen MR) is 87.7 cm³/mol. The summed E-state index contributed by atoms with van der Waals surface area (Å²) < 4.78 is 5.17. The van der Waals surface area contributed by atoms with Gasteiger partial charge in [-0.1, -0.05) is 12.1 Å². The maximum Gasteiger partial charge on any atom is 0.118 e. The first-order valence-electron chi connectivity index (χ1n) is 7.74. The Bertz CT molecular complexity index is 394. The van der Waals surface area contributed by atoms with Crippen LogP contribution in [0.15, 0.2) is 24.3 Å². The average Bonchev–Trinajstić information content (AvgIpc) is 2.51. The first kappa shape index (κ1) is 18.0. The van der Waals surface area contributed by atoms with Gasteiger partial charge in [-0.3, -0.25) is 0 Å². The number of hydrogen-bond donors (Lipinski definition) is 3. The molecular formula is C17H30N2O2. The number of aryl methyl sites for hydroxylation is 1. The molecule has 1 aromatic rings. The van der Waals surface area contributed by atoms with Gasteiger partial charge < -0.3 is 20.9 Å². The van der Waals surface area contributed by atoms with E-state index < -0.39 is 0 Å². The average molecular weight is 294 g/mol. The van der Waals surface area contributed by atoms with Gasteiger partial charge in [-0.05, 0) is 57.2 Å². The second-order valence-corrected chi connectivity index (χ2v) is 6.02. The summed E-state index contributed by atoms with van der Waals surface area (Å²) in [4.78, 5) is 0. The molecule has 4 N–H and O–H groups in total. The third-order valence-electron chi connectivity index (χ3n) is 3.97. The highest BCUT2D eigenvalue weighted by Crippen LogP contribution is 2.17. The molecule has 0 heterocycles. The van der Waals surface area contributed by atoms with Crippen LogP contribution in [0.25, 0.3) is 0 Å². The SMILES string of the molecule is COc1ccc(CCC(C)(CN)NC(C)CCCO)cc1. The fourth-order valence-electron chi connectivity index (χ4n) is 2.51. The number of benzene rings is 1. The lowest BCUT2D eigenvalue weighted by atomic mass is 9.92. The molecule has 0 amide bonds. The number of hydrogen-bond acceptors (Lipinski definition) is 4. The van der Waals surface area contributed by atoms with Crippen LogP contribution in [-0.4, -0.2) is 36.9 Å². The van der Waals surface area contributed by atoms with Crippen molar-refractivity contribution < 1.29 is 9.84 Å². The summed E-state index contributed by atoms with van der Waals surface area (Å²) in [6, 6.07) is 8.55. The Morgan fingerprint density at radius 3 is 2.52 bits per heavy atom. The van der Waals surface area contributed by atoms with Crippen molar-refractivity contribution in [3.05, 3.63) is 29.8 Å². The van der Waals surface area contributed by atoms with Crippen molar-refractivity contribution in [2.75, 3.05) is 20.3 Å². The normalized spacial score (nSPS) is 15.5. The third-order valence-corrected chi connectivity index (χ3v) is 3.97. The van der Waals surface area contributed by atoms with Gasteiger partial charge in [-0.15, -0.1) is 0 Å². The summed E-state index contributed by atoms with van der Waals surface area (Å²) in [5.41, 5.74) is 7.18. The van der Waals surface area contributed by atoms with Crippen molar-refractivity contribution in [2.24, 2.45) is 5.73 Å². The molecule has 0 aliphatic rings. The maximum absolute atomic E-state index is 8.90. The van der Waals surface area contributed by atoms with E-state index in [0.717, 1.165) is 31.4 Å². The van der Waals surface area contributed by atoms with Crippen LogP contribution in [0.1, 0.15) is 38.7 Å². The quantitative estimate of drug-likeness (QED) is 0.618. The summed E-state index contributed by atoms with van der Waals surface area (Å²) in [5.74, 6) is 0.885. The van der Waals surface area contributed by atoms with E-state index in [9.17, 15) is 0 Å². The fraction of sp³-hybridized carbons (Fsp3) is 0.647. The first-order chi connectivity index (χ1) is 10.0. The van der Waals surface area contributed by atoms with Crippen molar-refractivity contribution in [1.29, 1.82) is 0 Å². The number of aliphatic hydroxyl groups is 1. The first-order valence-corrected chi connectivity index (χ1v) is 7.74. The Hall–Kier alpha value is -1.10. The predicted octanol–water partition coefficient (Wildman–Crippen LogP) is 2.10. The number of ether oxygens (including phenoxy) is 1. The van der Waals surface area contributed by atoms with Crippen molar-refractivity contribution in [1.82, 2.24) is 5.32 Å². The van der Waals surface area contributed by atoms with Crippen molar-refractivity contribution >= 4 is 0 Å². The minimum atomic E-state index is -0.0746. The molecule has 21 heavy (non-hydrogen) atoms. The van der Waals surface area contributed by atoms with Crippen LogP contribution in [0.3, 0.4) is 0 Å². The van der Waals surface area contributed by atoms with E-state index in [1.165, 1.54) is 5.56 Å². The molecule has 0 aliphatic heterocycles. The summed E-state index contributed by atoms with van der Waals surface area (Å²) in [6.07, 6.45) is 3.76. The molecule has 0 radical (unpaired) electrons. The highest BCUT2D eigenvalue weighted by Gasteiger charge is 2.23. The molecule has 2 atom stereocenters. The number of aliphatic hydroxyl groups excluding tert-OH is 1. The van der Waals surface area contributed by atoms with E-state index in [-0.39, 0.29) is 12.1 Å². The standard InChI is InChI=1S/C17H30N2O2/c1-14(5-4-12-20)19-17(2,13-18)11-10-15-6-8-16(21-3)9-7-15/h6-9,14,19-20H,4-5,10-13,18H2,1-3H3. The molecule has 0 saturated carbocycles. The molecule has 1 aromatic carbocycles. The van der Waals surface area contributed by atoms with Crippen LogP contribution in [0.5, 0.6) is 5.75 Å². The molecule has 4 heteroatoms. The van der Waals surface area contributed by atoms with Gasteiger partial charge in [0.05, 0.1) is 7.11 Å². The molecule has 0 spiro atoms. The molecule has 0 aliphatic carbocycles. The van der Waals surface area contributed by atoms with Gasteiger partial charge in [0.2, 0.25) is 0 Å². The van der Waals surface area contributed by atoms with Gasteiger partial charge in [0.15, 0.2) is 0 Å². The van der Waals surface area contributed by atoms with Gasteiger partial charge >= 0.3 is 0 Å². The number of nitrogens with one attached hydrogen (secondary N) is 1. The zero-order valence-corrected chi connectivity index (χ0v) is 13.6. The van der Waals surface area contributed by atoms with Crippen molar-refractivity contribution in [3.63, 3.8) is 0 Å². The minimum absolute atomic E-state index is 0.0746. The van der Waals surface area contributed by atoms with Crippen LogP contribution in [0.4, 0.5) is 0 Å². The Balaban J connectivity index is 2.50. The Morgan fingerprint density at radius 2 is 2.00 bits per heavy atom. The van der Waals surface area contributed by atoms with Crippen LogP contribution in [0.2, 0.25) is 0 Å². The van der Waals surface area contributed by atoms with Gasteiger partial charge in [-0.25, -0.2) is 0 Å². The molecule has 0 aromatic heterocycles. The smallest absolute Gasteiger partial charge is 0.118 e. The monoisotopic (exact) mass is 294 g/mol. The second-order valence-electron chi connectivity index (χ2n) is 6.02. The number of rotatable bonds is 10. The molecule has 120 valence electrons. The lowest BCUT2D eigenvalue weighted by Gasteiger charge is -2.33. The van der Waals surface area contributed by atoms with Crippen LogP contribution in [-0.2, 0) is 6.42 Å². The van der Waals surface area contributed by atoms with E-state index in [2.05, 4.69) is 31.3 Å². The molecular weight excluding hydrogens is 264 g/mol. The lowest BCUT2D eigenvalue weighted by molar-refractivity contribution is 0.255. The highest BCUT2D eigenvalue weighted by atomic mass is 16.5.